The van der Waals surface area contributed by atoms with Gasteiger partial charge in [0.25, 0.3) is 0 Å². The third-order valence-corrected chi connectivity index (χ3v) is 5.44. The van der Waals surface area contributed by atoms with Crippen LogP contribution in [0.3, 0.4) is 0 Å². The zero-order chi connectivity index (χ0) is 11.1. The molecule has 2 heterocycles. The molecule has 1 fully saturated rings. The lowest BCUT2D eigenvalue weighted by molar-refractivity contribution is 0.681. The van der Waals surface area contributed by atoms with E-state index in [0.717, 1.165) is 24.8 Å². The van der Waals surface area contributed by atoms with Gasteiger partial charge in [0.1, 0.15) is 0 Å². The fraction of sp³-hybridized carbons (Fsp3) is 0.583. The Morgan fingerprint density at radius 1 is 1.31 bits per heavy atom. The van der Waals surface area contributed by atoms with Crippen LogP contribution in [0.4, 0.5) is 0 Å². The highest BCUT2D eigenvalue weighted by molar-refractivity contribution is 8.06. The van der Waals surface area contributed by atoms with Crippen LogP contribution in [-0.2, 0) is 6.42 Å². The first kappa shape index (κ1) is 12.3. The van der Waals surface area contributed by atoms with E-state index in [0.29, 0.717) is 0 Å². The maximum atomic E-state index is 4.02. The van der Waals surface area contributed by atoms with Crippen LogP contribution in [0.2, 0.25) is 0 Å². The molecular formula is C12H18N2S2. The smallest absolute Gasteiger partial charge is 0.0270 e. The molecule has 0 saturated carbocycles. The van der Waals surface area contributed by atoms with Crippen molar-refractivity contribution in [1.82, 2.24) is 10.3 Å². The second kappa shape index (κ2) is 7.20. The van der Waals surface area contributed by atoms with Crippen molar-refractivity contribution in [3.63, 3.8) is 0 Å². The van der Waals surface area contributed by atoms with Crippen molar-refractivity contribution in [2.75, 3.05) is 30.3 Å². The lowest BCUT2D eigenvalue weighted by Crippen LogP contribution is -2.30. The van der Waals surface area contributed by atoms with E-state index in [1.807, 2.05) is 12.4 Å². The summed E-state index contributed by atoms with van der Waals surface area (Å²) >= 11 is 4.20. The zero-order valence-electron chi connectivity index (χ0n) is 9.39. The van der Waals surface area contributed by atoms with Crippen molar-refractivity contribution in [2.45, 2.75) is 11.7 Å². The second-order valence-corrected chi connectivity index (χ2v) is 6.44. The summed E-state index contributed by atoms with van der Waals surface area (Å²) in [6.45, 7) is 2.23. The van der Waals surface area contributed by atoms with E-state index in [1.165, 1.54) is 22.8 Å². The summed E-state index contributed by atoms with van der Waals surface area (Å²) < 4.78 is 0. The third-order valence-electron chi connectivity index (χ3n) is 2.60. The molecular weight excluding hydrogens is 236 g/mol. The number of nitrogens with one attached hydrogen (secondary N) is 1. The predicted octanol–water partition coefficient (Wildman–Crippen LogP) is 2.06. The molecule has 1 aromatic heterocycles. The lowest BCUT2D eigenvalue weighted by atomic mass is 10.2. The maximum Gasteiger partial charge on any atom is 0.0270 e. The van der Waals surface area contributed by atoms with E-state index >= 15 is 0 Å². The van der Waals surface area contributed by atoms with Gasteiger partial charge in [0.2, 0.25) is 0 Å². The molecule has 88 valence electrons. The normalized spacial score (nSPS) is 20.9. The van der Waals surface area contributed by atoms with Crippen molar-refractivity contribution < 1.29 is 0 Å². The highest BCUT2D eigenvalue weighted by atomic mass is 32.2. The SMILES string of the molecule is c1cc(CCNCC2CSCCS2)ccn1. The first-order valence-electron chi connectivity index (χ1n) is 5.74. The molecule has 1 aliphatic rings. The van der Waals surface area contributed by atoms with Gasteiger partial charge < -0.3 is 5.32 Å². The number of hydrogen-bond acceptors (Lipinski definition) is 4. The number of nitrogens with zero attached hydrogens (tertiary/aromatic N) is 1. The van der Waals surface area contributed by atoms with Crippen molar-refractivity contribution >= 4 is 23.5 Å². The molecule has 1 aromatic rings. The number of hydrogen-bond donors (Lipinski definition) is 1. The molecule has 2 rings (SSSR count). The van der Waals surface area contributed by atoms with Gasteiger partial charge in [0.15, 0.2) is 0 Å². The summed E-state index contributed by atoms with van der Waals surface area (Å²) in [6.07, 6.45) is 4.83. The molecule has 0 amide bonds. The summed E-state index contributed by atoms with van der Waals surface area (Å²) in [5, 5.41) is 4.36. The van der Waals surface area contributed by atoms with Crippen LogP contribution in [0.15, 0.2) is 24.5 Å². The molecule has 16 heavy (non-hydrogen) atoms. The van der Waals surface area contributed by atoms with Gasteiger partial charge >= 0.3 is 0 Å². The lowest BCUT2D eigenvalue weighted by Gasteiger charge is -2.21. The van der Waals surface area contributed by atoms with Crippen molar-refractivity contribution in [2.24, 2.45) is 0 Å². The minimum atomic E-state index is 0.816. The Morgan fingerprint density at radius 2 is 2.19 bits per heavy atom. The van der Waals surface area contributed by atoms with Crippen LogP contribution in [0, 0.1) is 0 Å². The van der Waals surface area contributed by atoms with Crippen LogP contribution in [-0.4, -0.2) is 40.6 Å². The highest BCUT2D eigenvalue weighted by Gasteiger charge is 2.12. The molecule has 1 unspecified atom stereocenters. The molecule has 1 atom stereocenters. The van der Waals surface area contributed by atoms with E-state index in [4.69, 9.17) is 0 Å². The van der Waals surface area contributed by atoms with E-state index in [2.05, 4.69) is 46.0 Å². The molecule has 0 aliphatic carbocycles. The number of aromatic nitrogens is 1. The molecule has 0 bridgehead atoms. The average Bonchev–Trinajstić information content (AvgIpc) is 2.37. The summed E-state index contributed by atoms with van der Waals surface area (Å²) in [5.41, 5.74) is 1.37. The fourth-order valence-electron chi connectivity index (χ4n) is 1.70. The largest absolute Gasteiger partial charge is 0.315 e. The number of thioether (sulfide) groups is 2. The molecule has 0 aromatic carbocycles. The summed E-state index contributed by atoms with van der Waals surface area (Å²) in [5.74, 6) is 3.96. The Balaban J connectivity index is 1.58. The Bertz CT molecular complexity index is 286. The molecule has 1 N–H and O–H groups in total. The van der Waals surface area contributed by atoms with Crippen molar-refractivity contribution in [1.29, 1.82) is 0 Å². The van der Waals surface area contributed by atoms with Crippen molar-refractivity contribution in [3.05, 3.63) is 30.1 Å². The molecule has 0 radical (unpaired) electrons. The Labute approximate surface area is 106 Å². The van der Waals surface area contributed by atoms with Crippen LogP contribution in [0.5, 0.6) is 0 Å². The van der Waals surface area contributed by atoms with Gasteiger partial charge in [0.05, 0.1) is 0 Å². The second-order valence-electron chi connectivity index (χ2n) is 3.88. The van der Waals surface area contributed by atoms with Crippen LogP contribution >= 0.6 is 23.5 Å². The van der Waals surface area contributed by atoms with Gasteiger partial charge in [-0.05, 0) is 30.7 Å². The Kier molecular flexibility index (Phi) is 5.52. The van der Waals surface area contributed by atoms with Crippen LogP contribution < -0.4 is 5.32 Å². The summed E-state index contributed by atoms with van der Waals surface area (Å²) in [6, 6.07) is 4.18. The van der Waals surface area contributed by atoms with Gasteiger partial charge in [-0.1, -0.05) is 0 Å². The Morgan fingerprint density at radius 3 is 2.94 bits per heavy atom. The molecule has 1 saturated heterocycles. The fourth-order valence-corrected chi connectivity index (χ4v) is 4.35. The van der Waals surface area contributed by atoms with Crippen molar-refractivity contribution in [3.8, 4) is 0 Å². The van der Waals surface area contributed by atoms with Gasteiger partial charge in [-0.2, -0.15) is 23.5 Å². The van der Waals surface area contributed by atoms with Gasteiger partial charge in [0, 0.05) is 41.4 Å². The summed E-state index contributed by atoms with van der Waals surface area (Å²) in [4.78, 5) is 4.02. The van der Waals surface area contributed by atoms with E-state index < -0.39 is 0 Å². The molecule has 1 aliphatic heterocycles. The first-order chi connectivity index (χ1) is 7.95. The average molecular weight is 254 g/mol. The predicted molar refractivity (Wildman–Crippen MR) is 74.4 cm³/mol. The zero-order valence-corrected chi connectivity index (χ0v) is 11.0. The quantitative estimate of drug-likeness (QED) is 0.813. The first-order valence-corrected chi connectivity index (χ1v) is 7.94. The Hall–Kier alpha value is -0.190. The summed E-state index contributed by atoms with van der Waals surface area (Å²) in [7, 11) is 0. The molecule has 0 spiro atoms. The monoisotopic (exact) mass is 254 g/mol. The highest BCUT2D eigenvalue weighted by Crippen LogP contribution is 2.23. The molecule has 2 nitrogen and oxygen atoms in total. The van der Waals surface area contributed by atoms with Gasteiger partial charge in [-0.25, -0.2) is 0 Å². The van der Waals surface area contributed by atoms with Crippen LogP contribution in [0.25, 0.3) is 0 Å². The maximum absolute atomic E-state index is 4.02. The van der Waals surface area contributed by atoms with E-state index in [9.17, 15) is 0 Å². The number of pyridine rings is 1. The number of rotatable bonds is 5. The minimum Gasteiger partial charge on any atom is -0.315 e. The van der Waals surface area contributed by atoms with E-state index in [1.54, 1.807) is 0 Å². The van der Waals surface area contributed by atoms with Gasteiger partial charge in [-0.15, -0.1) is 0 Å². The molecule has 4 heteroatoms. The minimum absolute atomic E-state index is 0.816. The van der Waals surface area contributed by atoms with E-state index in [-0.39, 0.29) is 0 Å². The standard InChI is InChI=1S/C12H18N2S2/c1-4-13-5-2-11(1)3-6-14-9-12-10-15-7-8-16-12/h1-2,4-5,12,14H,3,6-10H2. The topological polar surface area (TPSA) is 24.9 Å². The van der Waals surface area contributed by atoms with Crippen LogP contribution in [0.1, 0.15) is 5.56 Å². The third kappa shape index (κ3) is 4.36. The van der Waals surface area contributed by atoms with Gasteiger partial charge in [-0.3, -0.25) is 4.98 Å².